The van der Waals surface area contributed by atoms with Gasteiger partial charge < -0.3 is 30.0 Å². The number of benzene rings is 3. The van der Waals surface area contributed by atoms with Gasteiger partial charge >= 0.3 is 5.97 Å². The summed E-state index contributed by atoms with van der Waals surface area (Å²) >= 11 is -5.41. The van der Waals surface area contributed by atoms with E-state index in [1.165, 1.54) is 24.3 Å². The van der Waals surface area contributed by atoms with E-state index in [1.807, 2.05) is 0 Å². The third-order valence-electron chi connectivity index (χ3n) is 5.36. The molecule has 0 aromatic heterocycles. The van der Waals surface area contributed by atoms with Gasteiger partial charge in [0.05, 0.1) is 21.8 Å². The summed E-state index contributed by atoms with van der Waals surface area (Å²) in [6.07, 6.45) is 0. The standard InChI is InChI=1S/C20H14N2O7S2/c21-13-7-5-11-15(17(13)30(24)25)28-16-12(6-8-14(22)18(16)31(26)27)20(11)10-4-2-1-3-9(10)19(23)29-20/h1-8H,21-22H2,(H,24,25)(H,26,27)/p-1. The molecule has 2 aliphatic rings. The van der Waals surface area contributed by atoms with Gasteiger partial charge in [-0.15, -0.1) is 0 Å². The maximum absolute atomic E-state index is 12.8. The van der Waals surface area contributed by atoms with Crippen molar-refractivity contribution in [2.75, 3.05) is 11.5 Å². The Morgan fingerprint density at radius 2 is 1.45 bits per heavy atom. The van der Waals surface area contributed by atoms with Gasteiger partial charge in [-0.1, -0.05) is 18.2 Å². The molecule has 0 bridgehead atoms. The van der Waals surface area contributed by atoms with Crippen LogP contribution in [0, 0.1) is 0 Å². The van der Waals surface area contributed by atoms with E-state index in [1.54, 1.807) is 24.3 Å². The van der Waals surface area contributed by atoms with Crippen LogP contribution in [0.25, 0.3) is 0 Å². The van der Waals surface area contributed by atoms with Crippen LogP contribution in [0.15, 0.2) is 58.3 Å². The quantitative estimate of drug-likeness (QED) is 0.297. The molecule has 0 fully saturated rings. The smallest absolute Gasteiger partial charge is 0.340 e. The van der Waals surface area contributed by atoms with E-state index in [0.29, 0.717) is 5.56 Å². The van der Waals surface area contributed by atoms with Gasteiger partial charge in [0.1, 0.15) is 4.90 Å². The molecule has 0 saturated heterocycles. The highest BCUT2D eigenvalue weighted by molar-refractivity contribution is 7.79. The van der Waals surface area contributed by atoms with Gasteiger partial charge in [0.2, 0.25) is 0 Å². The number of anilines is 2. The van der Waals surface area contributed by atoms with Crippen LogP contribution < -0.4 is 16.2 Å². The fraction of sp³-hybridized carbons (Fsp3) is 0.0500. The van der Waals surface area contributed by atoms with E-state index in [0.717, 1.165) is 0 Å². The lowest BCUT2D eigenvalue weighted by Crippen LogP contribution is -2.34. The zero-order valence-corrected chi connectivity index (χ0v) is 17.1. The van der Waals surface area contributed by atoms with Crippen molar-refractivity contribution in [3.05, 3.63) is 70.8 Å². The molecule has 9 nitrogen and oxygen atoms in total. The number of rotatable bonds is 2. The first kappa shape index (κ1) is 19.7. The molecule has 0 amide bonds. The zero-order valence-electron chi connectivity index (χ0n) is 15.5. The molecule has 0 aliphatic carbocycles. The first-order valence-electron chi connectivity index (χ1n) is 8.84. The van der Waals surface area contributed by atoms with Gasteiger partial charge in [-0.25, -0.2) is 9.00 Å². The number of ether oxygens (including phenoxy) is 2. The van der Waals surface area contributed by atoms with Crippen molar-refractivity contribution in [3.8, 4) is 11.5 Å². The Kier molecular flexibility index (Phi) is 4.21. The number of carbonyl (C=O) groups excluding carboxylic acids is 1. The van der Waals surface area contributed by atoms with Crippen molar-refractivity contribution in [1.29, 1.82) is 0 Å². The van der Waals surface area contributed by atoms with Gasteiger partial charge in [0.15, 0.2) is 28.2 Å². The summed E-state index contributed by atoms with van der Waals surface area (Å²) in [7, 11) is 0. The molecule has 5 rings (SSSR count). The van der Waals surface area contributed by atoms with Crippen LogP contribution in [0.4, 0.5) is 11.4 Å². The fourth-order valence-electron chi connectivity index (χ4n) is 4.13. The van der Waals surface area contributed by atoms with Crippen molar-refractivity contribution in [2.24, 2.45) is 0 Å². The molecule has 3 aromatic carbocycles. The van der Waals surface area contributed by atoms with Crippen molar-refractivity contribution in [1.82, 2.24) is 0 Å². The summed E-state index contributed by atoms with van der Waals surface area (Å²) in [5, 5.41) is 0. The van der Waals surface area contributed by atoms with Crippen LogP contribution in [-0.2, 0) is 32.5 Å². The molecule has 158 valence electrons. The van der Waals surface area contributed by atoms with E-state index < -0.39 is 33.7 Å². The average Bonchev–Trinajstić information content (AvgIpc) is 3.00. The van der Waals surface area contributed by atoms with Crippen molar-refractivity contribution >= 4 is 39.5 Å². The third kappa shape index (κ3) is 2.51. The highest BCUT2D eigenvalue weighted by Gasteiger charge is 2.55. The molecule has 0 radical (unpaired) electrons. The Bertz CT molecular complexity index is 1290. The third-order valence-corrected chi connectivity index (χ3v) is 6.89. The first-order chi connectivity index (χ1) is 14.8. The van der Waals surface area contributed by atoms with E-state index in [4.69, 9.17) is 20.9 Å². The molecule has 1 spiro atoms. The molecule has 3 unspecified atom stereocenters. The minimum atomic E-state index is -2.82. The summed E-state index contributed by atoms with van der Waals surface area (Å²) in [5.74, 6) is -1.02. The molecule has 2 heterocycles. The first-order valence-corrected chi connectivity index (χ1v) is 11.0. The molecule has 0 saturated carbocycles. The lowest BCUT2D eigenvalue weighted by Gasteiger charge is -2.38. The number of nitrogens with two attached hydrogens (primary N) is 2. The summed E-state index contributed by atoms with van der Waals surface area (Å²) in [5.41, 5.74) is 11.2. The van der Waals surface area contributed by atoms with E-state index >= 15 is 0 Å². The Hall–Kier alpha value is -3.25. The number of hydrogen-bond acceptors (Lipinski definition) is 8. The minimum absolute atomic E-state index is 0.0514. The fourth-order valence-corrected chi connectivity index (χ4v) is 5.27. The maximum atomic E-state index is 12.8. The predicted molar refractivity (Wildman–Crippen MR) is 110 cm³/mol. The van der Waals surface area contributed by atoms with Gasteiger partial charge in [0, 0.05) is 16.7 Å². The monoisotopic (exact) mass is 457 g/mol. The SMILES string of the molecule is Nc1ccc2c(c1S(=O)[O-])Oc1c(ccc(N)c1S(=O)O)C21OC(=O)c2ccccc21. The van der Waals surface area contributed by atoms with Crippen LogP contribution in [0.3, 0.4) is 0 Å². The Labute approximate surface area is 180 Å². The number of nitrogen functional groups attached to an aromatic ring is 2. The largest absolute Gasteiger partial charge is 0.768 e. The summed E-state index contributed by atoms with van der Waals surface area (Å²) in [4.78, 5) is 12.2. The van der Waals surface area contributed by atoms with Crippen molar-refractivity contribution < 1.29 is 31.8 Å². The molecular formula is C20H13N2O7S2-. The number of carbonyl (C=O) groups is 1. The molecule has 2 aliphatic heterocycles. The molecule has 31 heavy (non-hydrogen) atoms. The Morgan fingerprint density at radius 3 is 2.06 bits per heavy atom. The highest BCUT2D eigenvalue weighted by atomic mass is 32.2. The summed E-state index contributed by atoms with van der Waals surface area (Å²) in [6.45, 7) is 0. The van der Waals surface area contributed by atoms with Crippen LogP contribution in [0.5, 0.6) is 11.5 Å². The van der Waals surface area contributed by atoms with Gasteiger partial charge in [-0.2, -0.15) is 0 Å². The number of esters is 1. The second-order valence-corrected chi connectivity index (χ2v) is 8.71. The normalized spacial score (nSPS) is 20.3. The summed E-state index contributed by atoms with van der Waals surface area (Å²) < 4.78 is 57.7. The number of hydrogen-bond donors (Lipinski definition) is 3. The second kappa shape index (κ2) is 6.62. The van der Waals surface area contributed by atoms with Crippen LogP contribution >= 0.6 is 0 Å². The molecule has 5 N–H and O–H groups in total. The van der Waals surface area contributed by atoms with Crippen molar-refractivity contribution in [3.63, 3.8) is 0 Å². The number of fused-ring (bicyclic) bond motifs is 6. The predicted octanol–water partition coefficient (Wildman–Crippen LogP) is 2.24. The summed E-state index contributed by atoms with van der Waals surface area (Å²) in [6, 6.07) is 12.4. The van der Waals surface area contributed by atoms with Gasteiger partial charge in [-0.05, 0) is 41.4 Å². The van der Waals surface area contributed by atoms with Crippen LogP contribution in [-0.4, -0.2) is 23.5 Å². The van der Waals surface area contributed by atoms with Crippen LogP contribution in [0.2, 0.25) is 0 Å². The lowest BCUT2D eigenvalue weighted by atomic mass is 9.77. The average molecular weight is 457 g/mol. The molecule has 3 atom stereocenters. The molecule has 11 heteroatoms. The minimum Gasteiger partial charge on any atom is -0.768 e. The molecular weight excluding hydrogens is 444 g/mol. The zero-order chi connectivity index (χ0) is 22.1. The van der Waals surface area contributed by atoms with Crippen LogP contribution in [0.1, 0.15) is 27.0 Å². The topological polar surface area (TPSA) is 165 Å². The van der Waals surface area contributed by atoms with E-state index in [9.17, 15) is 22.3 Å². The second-order valence-electron chi connectivity index (χ2n) is 6.92. The lowest BCUT2D eigenvalue weighted by molar-refractivity contribution is 0.0221. The van der Waals surface area contributed by atoms with Gasteiger partial charge in [0.25, 0.3) is 0 Å². The van der Waals surface area contributed by atoms with Gasteiger partial charge in [-0.3, -0.25) is 4.21 Å². The maximum Gasteiger partial charge on any atom is 0.340 e. The van der Waals surface area contributed by atoms with E-state index in [-0.39, 0.29) is 49.4 Å². The Morgan fingerprint density at radius 1 is 0.871 bits per heavy atom. The Balaban J connectivity index is 1.98. The molecule has 3 aromatic rings. The van der Waals surface area contributed by atoms with Crippen molar-refractivity contribution in [2.45, 2.75) is 15.4 Å². The highest BCUT2D eigenvalue weighted by Crippen LogP contribution is 2.59. The van der Waals surface area contributed by atoms with E-state index in [2.05, 4.69) is 0 Å².